The van der Waals surface area contributed by atoms with Gasteiger partial charge in [0.05, 0.1) is 24.2 Å². The number of rotatable bonds is 4. The van der Waals surface area contributed by atoms with Gasteiger partial charge in [0.1, 0.15) is 0 Å². The lowest BCUT2D eigenvalue weighted by Gasteiger charge is -2.22. The first-order valence-corrected chi connectivity index (χ1v) is 6.22. The van der Waals surface area contributed by atoms with Crippen LogP contribution in [0.25, 0.3) is 0 Å². The maximum atomic E-state index is 11.5. The highest BCUT2D eigenvalue weighted by Crippen LogP contribution is 2.24. The van der Waals surface area contributed by atoms with E-state index >= 15 is 0 Å². The molecule has 0 radical (unpaired) electrons. The largest absolute Gasteiger partial charge is 0.771 e. The van der Waals surface area contributed by atoms with Crippen LogP contribution in [0.4, 0.5) is 5.69 Å². The number of nitrogens with zero attached hydrogens (tertiary/aromatic N) is 1. The molecule has 0 bridgehead atoms. The first-order chi connectivity index (χ1) is 7.95. The summed E-state index contributed by atoms with van der Waals surface area (Å²) in [7, 11) is 2.81. The van der Waals surface area contributed by atoms with E-state index in [1.807, 2.05) is 0 Å². The summed E-state index contributed by atoms with van der Waals surface area (Å²) >= 11 is 3.57. The number of carbonyl (C=O) groups is 1. The molecule has 0 aliphatic heterocycles. The fourth-order valence-corrected chi connectivity index (χ4v) is 1.95. The highest BCUT2D eigenvalue weighted by atomic mass is 35.5. The molecule has 1 aromatic rings. The minimum atomic E-state index is -2.25. The second kappa shape index (κ2) is 6.00. The molecule has 1 rings (SSSR count). The molecule has 0 saturated heterocycles. The van der Waals surface area contributed by atoms with Crippen LogP contribution in [0.1, 0.15) is 10.4 Å². The summed E-state index contributed by atoms with van der Waals surface area (Å²) in [4.78, 5) is 12.9. The van der Waals surface area contributed by atoms with Gasteiger partial charge in [-0.1, -0.05) is 11.6 Å². The Bertz CT molecular complexity index is 452. The molecular weight excluding hydrogens is 266 g/mol. The Kier molecular flexibility index (Phi) is 4.92. The highest BCUT2D eigenvalue weighted by molar-refractivity contribution is 7.79. The van der Waals surface area contributed by atoms with Crippen molar-refractivity contribution in [1.29, 1.82) is 0 Å². The summed E-state index contributed by atoms with van der Waals surface area (Å²) in [6, 6.07) is 4.55. The number of ether oxygens (including phenoxy) is 1. The molecule has 0 aliphatic carbocycles. The van der Waals surface area contributed by atoms with E-state index in [2.05, 4.69) is 4.74 Å². The number of esters is 1. The first-order valence-electron chi connectivity index (χ1n) is 4.60. The van der Waals surface area contributed by atoms with Crippen molar-refractivity contribution in [3.8, 4) is 0 Å². The van der Waals surface area contributed by atoms with Gasteiger partial charge in [-0.3, -0.25) is 4.21 Å². The zero-order chi connectivity index (χ0) is 13.0. The number of methoxy groups -OCH3 is 1. The van der Waals surface area contributed by atoms with Crippen molar-refractivity contribution < 1.29 is 18.3 Å². The van der Waals surface area contributed by atoms with Crippen LogP contribution in [0, 0.1) is 0 Å². The molecule has 0 fully saturated rings. The Labute approximate surface area is 107 Å². The van der Waals surface area contributed by atoms with Crippen LogP contribution in [0.15, 0.2) is 18.2 Å². The third-order valence-corrected chi connectivity index (χ3v) is 2.91. The predicted octanol–water partition coefficient (Wildman–Crippen LogP) is 1.40. The van der Waals surface area contributed by atoms with Crippen molar-refractivity contribution in [2.45, 2.75) is 0 Å². The molecule has 5 nitrogen and oxygen atoms in total. The number of halogens is 1. The molecule has 0 aromatic heterocycles. The van der Waals surface area contributed by atoms with Gasteiger partial charge in [0.2, 0.25) is 0 Å². The summed E-state index contributed by atoms with van der Waals surface area (Å²) in [5, 5.41) is 0.413. The van der Waals surface area contributed by atoms with E-state index in [9.17, 15) is 13.6 Å². The van der Waals surface area contributed by atoms with Crippen molar-refractivity contribution in [1.82, 2.24) is 0 Å². The summed E-state index contributed by atoms with van der Waals surface area (Å²) in [6.45, 7) is 0. The molecule has 0 aliphatic rings. The minimum Gasteiger partial charge on any atom is -0.771 e. The smallest absolute Gasteiger partial charge is 0.339 e. The van der Waals surface area contributed by atoms with Gasteiger partial charge in [0, 0.05) is 12.1 Å². The zero-order valence-electron chi connectivity index (χ0n) is 9.31. The third-order valence-electron chi connectivity index (χ3n) is 2.08. The number of hydrogen-bond donors (Lipinski definition) is 0. The summed E-state index contributed by atoms with van der Waals surface area (Å²) < 4.78 is 25.9. The third kappa shape index (κ3) is 3.69. The van der Waals surface area contributed by atoms with Crippen LogP contribution in [0.5, 0.6) is 0 Å². The van der Waals surface area contributed by atoms with E-state index < -0.39 is 17.0 Å². The molecule has 0 amide bonds. The van der Waals surface area contributed by atoms with Gasteiger partial charge in [0.25, 0.3) is 0 Å². The normalized spacial score (nSPS) is 12.0. The topological polar surface area (TPSA) is 69.7 Å². The highest BCUT2D eigenvalue weighted by Gasteiger charge is 2.15. The fraction of sp³-hybridized carbons (Fsp3) is 0.300. The monoisotopic (exact) mass is 276 g/mol. The predicted molar refractivity (Wildman–Crippen MR) is 65.0 cm³/mol. The van der Waals surface area contributed by atoms with E-state index in [-0.39, 0.29) is 11.4 Å². The molecule has 0 spiro atoms. The van der Waals surface area contributed by atoms with E-state index in [1.54, 1.807) is 13.1 Å². The van der Waals surface area contributed by atoms with Crippen molar-refractivity contribution in [3.63, 3.8) is 0 Å². The second-order valence-electron chi connectivity index (χ2n) is 3.28. The van der Waals surface area contributed by atoms with Gasteiger partial charge in [-0.05, 0) is 29.3 Å². The molecule has 0 N–H and O–H groups in total. The molecule has 1 aromatic carbocycles. The van der Waals surface area contributed by atoms with Gasteiger partial charge >= 0.3 is 5.97 Å². The van der Waals surface area contributed by atoms with Crippen LogP contribution < -0.4 is 4.90 Å². The van der Waals surface area contributed by atoms with E-state index in [0.717, 1.165) is 0 Å². The van der Waals surface area contributed by atoms with Gasteiger partial charge in [-0.15, -0.1) is 0 Å². The van der Waals surface area contributed by atoms with Gasteiger partial charge in [-0.25, -0.2) is 4.79 Å². The van der Waals surface area contributed by atoms with Gasteiger partial charge in [-0.2, -0.15) is 0 Å². The fourth-order valence-electron chi connectivity index (χ4n) is 1.33. The van der Waals surface area contributed by atoms with Crippen molar-refractivity contribution in [2.75, 3.05) is 24.9 Å². The summed E-state index contributed by atoms with van der Waals surface area (Å²) in [6.07, 6.45) is 0. The Morgan fingerprint density at radius 3 is 2.76 bits per heavy atom. The molecule has 94 valence electrons. The average molecular weight is 277 g/mol. The van der Waals surface area contributed by atoms with Crippen LogP contribution in [0.3, 0.4) is 0 Å². The van der Waals surface area contributed by atoms with Crippen LogP contribution in [-0.4, -0.2) is 34.8 Å². The van der Waals surface area contributed by atoms with E-state index in [1.165, 1.54) is 24.1 Å². The molecule has 7 heteroatoms. The standard InChI is InChI=1S/C10H12ClNO4S/c1-12(6-17(14)15)9-5-7(11)3-4-8(9)10(13)16-2/h3-5H,6H2,1-2H3,(H,14,15)/p-1. The molecule has 1 atom stereocenters. The SMILES string of the molecule is COC(=O)c1ccc(Cl)cc1N(C)CS(=O)[O-]. The van der Waals surface area contributed by atoms with E-state index in [0.29, 0.717) is 10.7 Å². The Balaban J connectivity index is 3.14. The average Bonchev–Trinajstić information content (AvgIpc) is 2.27. The number of anilines is 1. The molecule has 1 unspecified atom stereocenters. The lowest BCUT2D eigenvalue weighted by Crippen LogP contribution is -2.24. The number of carbonyl (C=O) groups excluding carboxylic acids is 1. The Morgan fingerprint density at radius 2 is 2.24 bits per heavy atom. The quantitative estimate of drug-likeness (QED) is 0.614. The Morgan fingerprint density at radius 1 is 1.59 bits per heavy atom. The minimum absolute atomic E-state index is 0.232. The lowest BCUT2D eigenvalue weighted by molar-refractivity contribution is 0.0601. The van der Waals surface area contributed by atoms with E-state index in [4.69, 9.17) is 11.6 Å². The molecular formula is C10H11ClNO4S-. The van der Waals surface area contributed by atoms with Crippen LogP contribution >= 0.6 is 11.6 Å². The first kappa shape index (κ1) is 14.0. The van der Waals surface area contributed by atoms with Gasteiger partial charge in [0.15, 0.2) is 0 Å². The number of hydrogen-bond acceptors (Lipinski definition) is 5. The van der Waals surface area contributed by atoms with Crippen molar-refractivity contribution in [3.05, 3.63) is 28.8 Å². The number of benzene rings is 1. The maximum absolute atomic E-state index is 11.5. The second-order valence-corrected chi connectivity index (χ2v) is 4.59. The van der Waals surface area contributed by atoms with Crippen LogP contribution in [0.2, 0.25) is 5.02 Å². The van der Waals surface area contributed by atoms with Crippen LogP contribution in [-0.2, 0) is 15.8 Å². The molecule has 17 heavy (non-hydrogen) atoms. The molecule has 0 heterocycles. The molecule has 0 saturated carbocycles. The zero-order valence-corrected chi connectivity index (χ0v) is 10.9. The lowest BCUT2D eigenvalue weighted by atomic mass is 10.1. The summed E-state index contributed by atoms with van der Waals surface area (Å²) in [5.41, 5.74) is 0.679. The van der Waals surface area contributed by atoms with Crippen molar-refractivity contribution in [2.24, 2.45) is 0 Å². The Hall–Kier alpha value is -1.11. The maximum Gasteiger partial charge on any atom is 0.339 e. The summed E-state index contributed by atoms with van der Waals surface area (Å²) in [5.74, 6) is -0.773. The van der Waals surface area contributed by atoms with Gasteiger partial charge < -0.3 is 14.2 Å². The van der Waals surface area contributed by atoms with Crippen molar-refractivity contribution >= 4 is 34.3 Å².